The lowest BCUT2D eigenvalue weighted by atomic mass is 10.2. The number of amides is 1. The van der Waals surface area contributed by atoms with Crippen molar-refractivity contribution in [3.63, 3.8) is 0 Å². The minimum atomic E-state index is -2.44. The smallest absolute Gasteiger partial charge is 0.410 e. The fourth-order valence-corrected chi connectivity index (χ4v) is 1.80. The highest BCUT2D eigenvalue weighted by atomic mass is 19.3. The van der Waals surface area contributed by atoms with Crippen molar-refractivity contribution < 1.29 is 23.0 Å². The van der Waals surface area contributed by atoms with Crippen LogP contribution in [0.1, 0.15) is 27.7 Å². The molecule has 0 aromatic carbocycles. The van der Waals surface area contributed by atoms with E-state index in [-0.39, 0.29) is 12.6 Å². The molecule has 7 heteroatoms. The van der Waals surface area contributed by atoms with Crippen LogP contribution in [-0.2, 0) is 9.47 Å². The number of morpholine rings is 1. The fourth-order valence-electron chi connectivity index (χ4n) is 1.80. The standard InChI is InChI=1S/C13H24F2N2O3/c1-9(11(14)15)16-7-10-8-19-6-5-17(10)12(18)20-13(2,3)4/h9-11,16H,5-8H2,1-4H3. The predicted molar refractivity (Wildman–Crippen MR) is 71.0 cm³/mol. The molecule has 1 amide bonds. The average Bonchev–Trinajstić information content (AvgIpc) is 2.34. The number of alkyl halides is 2. The molecule has 5 nitrogen and oxygen atoms in total. The second-order valence-corrected chi connectivity index (χ2v) is 5.93. The summed E-state index contributed by atoms with van der Waals surface area (Å²) in [5, 5.41) is 2.72. The van der Waals surface area contributed by atoms with Gasteiger partial charge in [0.25, 0.3) is 6.43 Å². The van der Waals surface area contributed by atoms with Crippen LogP contribution >= 0.6 is 0 Å². The van der Waals surface area contributed by atoms with Gasteiger partial charge in [-0.1, -0.05) is 0 Å². The molecule has 0 aromatic heterocycles. The Balaban J connectivity index is 2.55. The van der Waals surface area contributed by atoms with Gasteiger partial charge in [-0.25, -0.2) is 13.6 Å². The lowest BCUT2D eigenvalue weighted by Crippen LogP contribution is -2.55. The van der Waals surface area contributed by atoms with Crippen molar-refractivity contribution in [2.45, 2.75) is 51.8 Å². The van der Waals surface area contributed by atoms with Gasteiger partial charge in [0.1, 0.15) is 5.60 Å². The zero-order valence-corrected chi connectivity index (χ0v) is 12.5. The third-order valence-electron chi connectivity index (χ3n) is 2.91. The first-order chi connectivity index (χ1) is 9.20. The molecule has 118 valence electrons. The SMILES string of the molecule is CC(NCC1COCCN1C(=O)OC(C)(C)C)C(F)F. The van der Waals surface area contributed by atoms with Gasteiger partial charge in [-0.3, -0.25) is 4.90 Å². The molecule has 0 bridgehead atoms. The van der Waals surface area contributed by atoms with Crippen molar-refractivity contribution in [1.82, 2.24) is 10.2 Å². The number of halogens is 2. The summed E-state index contributed by atoms with van der Waals surface area (Å²) < 4.78 is 35.5. The van der Waals surface area contributed by atoms with E-state index < -0.39 is 24.2 Å². The molecule has 0 saturated carbocycles. The van der Waals surface area contributed by atoms with Gasteiger partial charge in [0.05, 0.1) is 25.3 Å². The normalized spacial score (nSPS) is 21.9. The first-order valence-corrected chi connectivity index (χ1v) is 6.79. The monoisotopic (exact) mass is 294 g/mol. The maximum absolute atomic E-state index is 12.5. The zero-order chi connectivity index (χ0) is 15.3. The Kier molecular flexibility index (Phi) is 6.13. The first kappa shape index (κ1) is 17.1. The van der Waals surface area contributed by atoms with Crippen molar-refractivity contribution in [3.05, 3.63) is 0 Å². The highest BCUT2D eigenvalue weighted by Crippen LogP contribution is 2.14. The predicted octanol–water partition coefficient (Wildman–Crippen LogP) is 1.87. The fraction of sp³-hybridized carbons (Fsp3) is 0.923. The van der Waals surface area contributed by atoms with E-state index in [1.165, 1.54) is 6.92 Å². The Morgan fingerprint density at radius 3 is 2.70 bits per heavy atom. The van der Waals surface area contributed by atoms with Crippen LogP contribution in [0.3, 0.4) is 0 Å². The summed E-state index contributed by atoms with van der Waals surface area (Å²) in [5.74, 6) is 0. The summed E-state index contributed by atoms with van der Waals surface area (Å²) >= 11 is 0. The minimum Gasteiger partial charge on any atom is -0.444 e. The second kappa shape index (κ2) is 7.17. The van der Waals surface area contributed by atoms with Crippen LogP contribution in [0.2, 0.25) is 0 Å². The quantitative estimate of drug-likeness (QED) is 0.860. The van der Waals surface area contributed by atoms with Crippen LogP contribution in [0.15, 0.2) is 0 Å². The number of nitrogens with one attached hydrogen (secondary N) is 1. The Hall–Kier alpha value is -0.950. The van der Waals surface area contributed by atoms with Crippen LogP contribution in [0.4, 0.5) is 13.6 Å². The highest BCUT2D eigenvalue weighted by Gasteiger charge is 2.31. The Morgan fingerprint density at radius 2 is 2.15 bits per heavy atom. The van der Waals surface area contributed by atoms with Crippen molar-refractivity contribution >= 4 is 6.09 Å². The summed E-state index contributed by atoms with van der Waals surface area (Å²) in [6, 6.07) is -1.21. The lowest BCUT2D eigenvalue weighted by molar-refractivity contribution is -0.0332. The maximum atomic E-state index is 12.5. The molecule has 1 N–H and O–H groups in total. The Bertz CT molecular complexity index is 321. The van der Waals surface area contributed by atoms with E-state index in [4.69, 9.17) is 9.47 Å². The topological polar surface area (TPSA) is 50.8 Å². The van der Waals surface area contributed by atoms with Gasteiger partial charge >= 0.3 is 6.09 Å². The molecule has 1 rings (SSSR count). The number of hydrogen-bond donors (Lipinski definition) is 1. The molecule has 2 unspecified atom stereocenters. The van der Waals surface area contributed by atoms with Gasteiger partial charge in [0, 0.05) is 13.1 Å². The molecule has 0 aromatic rings. The molecule has 1 fully saturated rings. The summed E-state index contributed by atoms with van der Waals surface area (Å²) in [5.41, 5.74) is -0.580. The van der Waals surface area contributed by atoms with E-state index in [0.29, 0.717) is 19.8 Å². The van der Waals surface area contributed by atoms with Crippen LogP contribution in [0.5, 0.6) is 0 Å². The number of nitrogens with zero attached hydrogens (tertiary/aromatic N) is 1. The van der Waals surface area contributed by atoms with E-state index in [0.717, 1.165) is 0 Å². The summed E-state index contributed by atoms with van der Waals surface area (Å²) in [6.07, 6.45) is -2.87. The van der Waals surface area contributed by atoms with Crippen LogP contribution in [0, 0.1) is 0 Å². The number of ether oxygens (including phenoxy) is 2. The highest BCUT2D eigenvalue weighted by molar-refractivity contribution is 5.68. The van der Waals surface area contributed by atoms with Crippen molar-refractivity contribution in [2.75, 3.05) is 26.3 Å². The third-order valence-corrected chi connectivity index (χ3v) is 2.91. The molecule has 20 heavy (non-hydrogen) atoms. The van der Waals surface area contributed by atoms with Crippen LogP contribution in [0.25, 0.3) is 0 Å². The summed E-state index contributed by atoms with van der Waals surface area (Å²) in [7, 11) is 0. The van der Waals surface area contributed by atoms with Gasteiger partial charge in [-0.15, -0.1) is 0 Å². The molecule has 1 heterocycles. The average molecular weight is 294 g/mol. The summed E-state index contributed by atoms with van der Waals surface area (Å²) in [4.78, 5) is 13.6. The number of carbonyl (C=O) groups is 1. The van der Waals surface area contributed by atoms with Crippen molar-refractivity contribution in [2.24, 2.45) is 0 Å². The largest absolute Gasteiger partial charge is 0.444 e. The third kappa shape index (κ3) is 5.58. The van der Waals surface area contributed by atoms with E-state index >= 15 is 0 Å². The zero-order valence-electron chi connectivity index (χ0n) is 12.5. The molecule has 0 spiro atoms. The molecule has 1 aliphatic rings. The van der Waals surface area contributed by atoms with Crippen molar-refractivity contribution in [3.8, 4) is 0 Å². The molecule has 1 saturated heterocycles. The van der Waals surface area contributed by atoms with E-state index in [9.17, 15) is 13.6 Å². The van der Waals surface area contributed by atoms with Gasteiger partial charge in [-0.2, -0.15) is 0 Å². The Labute approximate surface area is 118 Å². The molecular weight excluding hydrogens is 270 g/mol. The maximum Gasteiger partial charge on any atom is 0.410 e. The van der Waals surface area contributed by atoms with Crippen LogP contribution < -0.4 is 5.32 Å². The molecule has 2 atom stereocenters. The van der Waals surface area contributed by atoms with Gasteiger partial charge in [0.2, 0.25) is 0 Å². The lowest BCUT2D eigenvalue weighted by Gasteiger charge is -2.37. The number of rotatable bonds is 4. The Morgan fingerprint density at radius 1 is 1.50 bits per heavy atom. The van der Waals surface area contributed by atoms with Gasteiger partial charge < -0.3 is 14.8 Å². The second-order valence-electron chi connectivity index (χ2n) is 5.93. The molecule has 1 aliphatic heterocycles. The van der Waals surface area contributed by atoms with E-state index in [2.05, 4.69) is 5.32 Å². The number of hydrogen-bond acceptors (Lipinski definition) is 4. The first-order valence-electron chi connectivity index (χ1n) is 6.79. The number of carbonyl (C=O) groups excluding carboxylic acids is 1. The minimum absolute atomic E-state index is 0.255. The molecular formula is C13H24F2N2O3. The molecule has 0 aliphatic carbocycles. The van der Waals surface area contributed by atoms with Crippen molar-refractivity contribution in [1.29, 1.82) is 0 Å². The van der Waals surface area contributed by atoms with Crippen LogP contribution in [-0.4, -0.2) is 61.4 Å². The van der Waals surface area contributed by atoms with Gasteiger partial charge in [0.15, 0.2) is 0 Å². The van der Waals surface area contributed by atoms with Gasteiger partial charge in [-0.05, 0) is 27.7 Å². The molecule has 0 radical (unpaired) electrons. The van der Waals surface area contributed by atoms with E-state index in [1.54, 1.807) is 25.7 Å². The van der Waals surface area contributed by atoms with E-state index in [1.807, 2.05) is 0 Å². The summed E-state index contributed by atoms with van der Waals surface area (Å²) in [6.45, 7) is 8.19.